The van der Waals surface area contributed by atoms with Gasteiger partial charge in [-0.05, 0) is 24.6 Å². The average Bonchev–Trinajstić information content (AvgIpc) is 3.24. The smallest absolute Gasteiger partial charge is 0.230 e. The maximum atomic E-state index is 13.2. The number of rotatable bonds is 8. The van der Waals surface area contributed by atoms with Gasteiger partial charge in [0, 0.05) is 11.1 Å². The second-order valence-electron chi connectivity index (χ2n) is 7.06. The number of carbonyl (C=O) groups excluding carboxylic acids is 2. The van der Waals surface area contributed by atoms with Gasteiger partial charge < -0.3 is 10.1 Å². The molecule has 4 rings (SSSR count). The van der Waals surface area contributed by atoms with Crippen LogP contribution in [0.25, 0.3) is 11.3 Å². The van der Waals surface area contributed by atoms with Gasteiger partial charge in [-0.2, -0.15) is 0 Å². The summed E-state index contributed by atoms with van der Waals surface area (Å²) in [5.74, 6) is 0.461. The van der Waals surface area contributed by atoms with Crippen molar-refractivity contribution in [2.24, 2.45) is 0 Å². The minimum Gasteiger partial charge on any atom is -0.494 e. The second-order valence-corrected chi connectivity index (χ2v) is 8.06. The second kappa shape index (κ2) is 10.0. The van der Waals surface area contributed by atoms with Crippen molar-refractivity contribution in [2.45, 2.75) is 13.3 Å². The summed E-state index contributed by atoms with van der Waals surface area (Å²) in [6.45, 7) is 2.52. The van der Waals surface area contributed by atoms with Gasteiger partial charge in [-0.1, -0.05) is 84.1 Å². The van der Waals surface area contributed by atoms with Crippen molar-refractivity contribution >= 4 is 28.2 Å². The van der Waals surface area contributed by atoms with Crippen LogP contribution in [0.2, 0.25) is 0 Å². The molecule has 0 saturated heterocycles. The molecular weight excluding hydrogens is 420 g/mol. The summed E-state index contributed by atoms with van der Waals surface area (Å²) in [6, 6.07) is 26.0. The highest BCUT2D eigenvalue weighted by Crippen LogP contribution is 2.33. The number of ether oxygens (including phenoxy) is 1. The van der Waals surface area contributed by atoms with Gasteiger partial charge in [0.25, 0.3) is 0 Å². The molecule has 160 valence electrons. The average molecular weight is 443 g/mol. The van der Waals surface area contributed by atoms with Crippen LogP contribution in [0.1, 0.15) is 27.7 Å². The van der Waals surface area contributed by atoms with Crippen molar-refractivity contribution in [3.8, 4) is 17.0 Å². The Morgan fingerprint density at radius 1 is 0.906 bits per heavy atom. The highest BCUT2D eigenvalue weighted by atomic mass is 32.1. The van der Waals surface area contributed by atoms with E-state index >= 15 is 0 Å². The van der Waals surface area contributed by atoms with Crippen LogP contribution in [0.4, 0.5) is 5.13 Å². The molecule has 0 saturated carbocycles. The summed E-state index contributed by atoms with van der Waals surface area (Å²) >= 11 is 1.19. The molecule has 6 heteroatoms. The van der Waals surface area contributed by atoms with Gasteiger partial charge in [0.15, 0.2) is 5.13 Å². The van der Waals surface area contributed by atoms with E-state index in [0.717, 1.165) is 16.9 Å². The van der Waals surface area contributed by atoms with Crippen LogP contribution in [0, 0.1) is 0 Å². The molecule has 4 aromatic rings. The SMILES string of the molecule is CCOc1ccc(CC(=O)Nc2nc(-c3ccccc3)c(C(=O)c3ccccc3)s2)cc1. The number of ketones is 1. The molecule has 1 amide bonds. The van der Waals surface area contributed by atoms with Gasteiger partial charge >= 0.3 is 0 Å². The van der Waals surface area contributed by atoms with E-state index < -0.39 is 0 Å². The molecule has 1 N–H and O–H groups in total. The molecule has 0 fully saturated rings. The van der Waals surface area contributed by atoms with Crippen molar-refractivity contribution in [2.75, 3.05) is 11.9 Å². The van der Waals surface area contributed by atoms with Crippen molar-refractivity contribution in [1.82, 2.24) is 4.98 Å². The summed E-state index contributed by atoms with van der Waals surface area (Å²) in [6.07, 6.45) is 0.203. The number of thiazole rings is 1. The van der Waals surface area contributed by atoms with Gasteiger partial charge in [0.05, 0.1) is 18.7 Å². The van der Waals surface area contributed by atoms with Crippen LogP contribution in [0.5, 0.6) is 5.75 Å². The summed E-state index contributed by atoms with van der Waals surface area (Å²) < 4.78 is 5.44. The molecule has 0 aliphatic carbocycles. The lowest BCUT2D eigenvalue weighted by molar-refractivity contribution is -0.115. The fraction of sp³-hybridized carbons (Fsp3) is 0.115. The molecule has 32 heavy (non-hydrogen) atoms. The lowest BCUT2D eigenvalue weighted by Gasteiger charge is -2.05. The first-order valence-corrected chi connectivity index (χ1v) is 11.1. The van der Waals surface area contributed by atoms with E-state index in [1.807, 2.05) is 79.7 Å². The van der Waals surface area contributed by atoms with E-state index in [4.69, 9.17) is 4.74 Å². The van der Waals surface area contributed by atoms with Crippen molar-refractivity contribution in [3.05, 3.63) is 101 Å². The first kappa shape index (κ1) is 21.5. The fourth-order valence-corrected chi connectivity index (χ4v) is 4.22. The highest BCUT2D eigenvalue weighted by molar-refractivity contribution is 7.18. The van der Waals surface area contributed by atoms with E-state index in [-0.39, 0.29) is 18.1 Å². The normalized spacial score (nSPS) is 10.5. The number of nitrogens with zero attached hydrogens (tertiary/aromatic N) is 1. The van der Waals surface area contributed by atoms with Gasteiger partial charge in [-0.3, -0.25) is 9.59 Å². The third-order valence-corrected chi connectivity index (χ3v) is 5.73. The first-order chi connectivity index (χ1) is 15.6. The van der Waals surface area contributed by atoms with Crippen molar-refractivity contribution in [1.29, 1.82) is 0 Å². The molecule has 3 aromatic carbocycles. The predicted molar refractivity (Wildman–Crippen MR) is 127 cm³/mol. The zero-order valence-electron chi connectivity index (χ0n) is 17.6. The minimum atomic E-state index is -0.193. The maximum absolute atomic E-state index is 13.2. The predicted octanol–water partition coefficient (Wildman–Crippen LogP) is 5.62. The third kappa shape index (κ3) is 5.10. The van der Waals surface area contributed by atoms with E-state index in [9.17, 15) is 9.59 Å². The van der Waals surface area contributed by atoms with Crippen molar-refractivity contribution in [3.63, 3.8) is 0 Å². The Bertz CT molecular complexity index is 1200. The Labute approximate surface area is 190 Å². The monoisotopic (exact) mass is 442 g/mol. The Morgan fingerprint density at radius 3 is 2.22 bits per heavy atom. The molecule has 0 unspecified atom stereocenters. The Hall–Kier alpha value is -3.77. The molecule has 1 aromatic heterocycles. The van der Waals surface area contributed by atoms with Crippen LogP contribution < -0.4 is 10.1 Å². The number of hydrogen-bond donors (Lipinski definition) is 1. The molecule has 0 spiro atoms. The van der Waals surface area contributed by atoms with E-state index in [1.165, 1.54) is 11.3 Å². The number of nitrogens with one attached hydrogen (secondary N) is 1. The number of carbonyl (C=O) groups is 2. The number of hydrogen-bond acceptors (Lipinski definition) is 5. The van der Waals surface area contributed by atoms with Crippen LogP contribution >= 0.6 is 11.3 Å². The molecule has 0 atom stereocenters. The van der Waals surface area contributed by atoms with E-state index in [0.29, 0.717) is 27.9 Å². The topological polar surface area (TPSA) is 68.3 Å². The standard InChI is InChI=1S/C26H22N2O3S/c1-2-31-21-15-13-18(14-16-21)17-22(29)27-26-28-23(19-9-5-3-6-10-19)25(32-26)24(30)20-11-7-4-8-12-20/h3-16H,2,17H2,1H3,(H,27,28,29). The molecule has 0 aliphatic heterocycles. The molecule has 5 nitrogen and oxygen atoms in total. The third-order valence-electron chi connectivity index (χ3n) is 4.76. The Morgan fingerprint density at radius 2 is 1.56 bits per heavy atom. The number of benzene rings is 3. The zero-order valence-corrected chi connectivity index (χ0v) is 18.4. The van der Waals surface area contributed by atoms with E-state index in [2.05, 4.69) is 10.3 Å². The lowest BCUT2D eigenvalue weighted by Crippen LogP contribution is -2.14. The van der Waals surface area contributed by atoms with Gasteiger partial charge in [0.1, 0.15) is 10.6 Å². The van der Waals surface area contributed by atoms with Gasteiger partial charge in [-0.15, -0.1) is 0 Å². The lowest BCUT2D eigenvalue weighted by atomic mass is 10.1. The minimum absolute atomic E-state index is 0.117. The van der Waals surface area contributed by atoms with Crippen molar-refractivity contribution < 1.29 is 14.3 Å². The Balaban J connectivity index is 1.57. The summed E-state index contributed by atoms with van der Waals surface area (Å²) in [5.41, 5.74) is 2.85. The van der Waals surface area contributed by atoms with Gasteiger partial charge in [0.2, 0.25) is 11.7 Å². The van der Waals surface area contributed by atoms with Crippen LogP contribution in [-0.4, -0.2) is 23.3 Å². The number of amides is 1. The summed E-state index contributed by atoms with van der Waals surface area (Å²) in [7, 11) is 0. The molecule has 1 heterocycles. The largest absolute Gasteiger partial charge is 0.494 e. The van der Waals surface area contributed by atoms with Crippen LogP contribution in [-0.2, 0) is 11.2 Å². The molecular formula is C26H22N2O3S. The molecule has 0 radical (unpaired) electrons. The van der Waals surface area contributed by atoms with Gasteiger partial charge in [-0.25, -0.2) is 4.98 Å². The Kier molecular flexibility index (Phi) is 6.72. The molecule has 0 bridgehead atoms. The summed E-state index contributed by atoms with van der Waals surface area (Å²) in [4.78, 5) is 30.9. The number of aromatic nitrogens is 1. The quantitative estimate of drug-likeness (QED) is 0.360. The number of anilines is 1. The zero-order chi connectivity index (χ0) is 22.3. The van der Waals surface area contributed by atoms with E-state index in [1.54, 1.807) is 12.1 Å². The maximum Gasteiger partial charge on any atom is 0.230 e. The summed E-state index contributed by atoms with van der Waals surface area (Å²) in [5, 5.41) is 3.25. The van der Waals surface area contributed by atoms with Crippen LogP contribution in [0.15, 0.2) is 84.9 Å². The molecule has 0 aliphatic rings. The van der Waals surface area contributed by atoms with Crippen LogP contribution in [0.3, 0.4) is 0 Å². The highest BCUT2D eigenvalue weighted by Gasteiger charge is 2.21. The first-order valence-electron chi connectivity index (χ1n) is 10.3. The fourth-order valence-electron chi connectivity index (χ4n) is 3.26.